The van der Waals surface area contributed by atoms with Crippen molar-refractivity contribution in [2.75, 3.05) is 14.2 Å². The smallest absolute Gasteiger partial charge is 0.272 e. The molecule has 2 aromatic carbocycles. The van der Waals surface area contributed by atoms with Gasteiger partial charge in [-0.15, -0.1) is 0 Å². The number of benzene rings is 2. The second-order valence-electron chi connectivity index (χ2n) is 6.16. The lowest BCUT2D eigenvalue weighted by molar-refractivity contribution is 0.0930. The molecule has 2 N–H and O–H groups in total. The van der Waals surface area contributed by atoms with Crippen molar-refractivity contribution >= 4 is 5.91 Å². The summed E-state index contributed by atoms with van der Waals surface area (Å²) in [7, 11) is 3.22. The number of amides is 1. The summed E-state index contributed by atoms with van der Waals surface area (Å²) < 4.78 is 10.4. The standard InChI is InChI=1S/C21H21N3O4/c1-27-16-7-3-14(4-8-16)13-19(15-5-9-17(28-2)10-6-15)22-21(26)18-11-12-20(25)24-23-18/h3-12,19H,13H2,1-2H3,(H,22,26)(H,24,25)/t19-/m0/s1. The summed E-state index contributed by atoms with van der Waals surface area (Å²) in [4.78, 5) is 23.8. The van der Waals surface area contributed by atoms with Gasteiger partial charge in [0.05, 0.1) is 20.3 Å². The van der Waals surface area contributed by atoms with E-state index in [-0.39, 0.29) is 23.2 Å². The van der Waals surface area contributed by atoms with Gasteiger partial charge in [0.2, 0.25) is 0 Å². The highest BCUT2D eigenvalue weighted by atomic mass is 16.5. The molecule has 144 valence electrons. The fourth-order valence-electron chi connectivity index (χ4n) is 2.79. The highest BCUT2D eigenvalue weighted by molar-refractivity contribution is 5.92. The fraction of sp³-hybridized carbons (Fsp3) is 0.190. The van der Waals surface area contributed by atoms with Crippen molar-refractivity contribution in [3.8, 4) is 11.5 Å². The molecule has 28 heavy (non-hydrogen) atoms. The molecule has 0 bridgehead atoms. The molecule has 1 atom stereocenters. The lowest BCUT2D eigenvalue weighted by atomic mass is 9.98. The van der Waals surface area contributed by atoms with Crippen LogP contribution in [0.5, 0.6) is 11.5 Å². The molecular weight excluding hydrogens is 358 g/mol. The SMILES string of the molecule is COc1ccc(C[C@H](NC(=O)c2ccc(=O)[nH]n2)c2ccc(OC)cc2)cc1. The summed E-state index contributed by atoms with van der Waals surface area (Å²) in [6.07, 6.45) is 0.575. The van der Waals surface area contributed by atoms with Crippen molar-refractivity contribution in [2.45, 2.75) is 12.5 Å². The van der Waals surface area contributed by atoms with Crippen LogP contribution >= 0.6 is 0 Å². The highest BCUT2D eigenvalue weighted by Gasteiger charge is 2.18. The van der Waals surface area contributed by atoms with Crippen LogP contribution in [0, 0.1) is 0 Å². The molecular formula is C21H21N3O4. The van der Waals surface area contributed by atoms with Gasteiger partial charge in [-0.05, 0) is 47.9 Å². The van der Waals surface area contributed by atoms with E-state index in [9.17, 15) is 9.59 Å². The maximum atomic E-state index is 12.6. The van der Waals surface area contributed by atoms with Crippen LogP contribution in [-0.2, 0) is 6.42 Å². The van der Waals surface area contributed by atoms with Crippen LogP contribution in [0.4, 0.5) is 0 Å². The van der Waals surface area contributed by atoms with Crippen molar-refractivity contribution in [1.29, 1.82) is 0 Å². The van der Waals surface area contributed by atoms with Crippen LogP contribution < -0.4 is 20.3 Å². The third-order valence-electron chi connectivity index (χ3n) is 4.33. The van der Waals surface area contributed by atoms with Crippen LogP contribution in [-0.4, -0.2) is 30.3 Å². The predicted octanol–water partition coefficient (Wildman–Crippen LogP) is 2.50. The van der Waals surface area contributed by atoms with Gasteiger partial charge in [0.25, 0.3) is 11.5 Å². The molecule has 0 saturated carbocycles. The van der Waals surface area contributed by atoms with Gasteiger partial charge < -0.3 is 14.8 Å². The van der Waals surface area contributed by atoms with Crippen LogP contribution in [0.3, 0.4) is 0 Å². The Morgan fingerprint density at radius 2 is 1.57 bits per heavy atom. The number of aromatic amines is 1. The lowest BCUT2D eigenvalue weighted by Gasteiger charge is -2.20. The van der Waals surface area contributed by atoms with Gasteiger partial charge in [-0.1, -0.05) is 24.3 Å². The third-order valence-corrected chi connectivity index (χ3v) is 4.33. The second kappa shape index (κ2) is 8.85. The quantitative estimate of drug-likeness (QED) is 0.658. The molecule has 3 aromatic rings. The van der Waals surface area contributed by atoms with Crippen LogP contribution in [0.2, 0.25) is 0 Å². The second-order valence-corrected chi connectivity index (χ2v) is 6.16. The number of carbonyl (C=O) groups excluding carboxylic acids is 1. The molecule has 1 heterocycles. The van der Waals surface area contributed by atoms with E-state index in [1.165, 1.54) is 12.1 Å². The minimum Gasteiger partial charge on any atom is -0.497 e. The van der Waals surface area contributed by atoms with Gasteiger partial charge in [0, 0.05) is 6.07 Å². The fourth-order valence-corrected chi connectivity index (χ4v) is 2.79. The molecule has 0 saturated heterocycles. The zero-order valence-corrected chi connectivity index (χ0v) is 15.6. The molecule has 0 aliphatic rings. The average molecular weight is 379 g/mol. The number of nitrogens with one attached hydrogen (secondary N) is 2. The summed E-state index contributed by atoms with van der Waals surface area (Å²) in [5, 5.41) is 9.06. The molecule has 7 nitrogen and oxygen atoms in total. The van der Waals surface area contributed by atoms with Gasteiger partial charge in [0.15, 0.2) is 0 Å². The first-order chi connectivity index (χ1) is 13.6. The van der Waals surface area contributed by atoms with E-state index in [2.05, 4.69) is 15.5 Å². The number of H-pyrrole nitrogens is 1. The Bertz CT molecular complexity index is 961. The molecule has 0 unspecified atom stereocenters. The molecule has 0 radical (unpaired) electrons. The van der Waals surface area contributed by atoms with Crippen LogP contribution in [0.15, 0.2) is 65.5 Å². The van der Waals surface area contributed by atoms with E-state index in [0.29, 0.717) is 6.42 Å². The van der Waals surface area contributed by atoms with Crippen LogP contribution in [0.25, 0.3) is 0 Å². The van der Waals surface area contributed by atoms with E-state index in [4.69, 9.17) is 9.47 Å². The van der Waals surface area contributed by atoms with E-state index in [1.807, 2.05) is 48.5 Å². The molecule has 1 aromatic heterocycles. The first kappa shape index (κ1) is 19.2. The maximum absolute atomic E-state index is 12.6. The number of aromatic nitrogens is 2. The first-order valence-electron chi connectivity index (χ1n) is 8.72. The Morgan fingerprint density at radius 1 is 0.964 bits per heavy atom. The summed E-state index contributed by atoms with van der Waals surface area (Å²) in [6, 6.07) is 17.6. The topological polar surface area (TPSA) is 93.3 Å². The monoisotopic (exact) mass is 379 g/mol. The van der Waals surface area contributed by atoms with Gasteiger partial charge in [0.1, 0.15) is 17.2 Å². The van der Waals surface area contributed by atoms with Crippen molar-refractivity contribution in [3.63, 3.8) is 0 Å². The zero-order chi connectivity index (χ0) is 19.9. The molecule has 1 amide bonds. The number of hydrogen-bond acceptors (Lipinski definition) is 5. The molecule has 3 rings (SSSR count). The largest absolute Gasteiger partial charge is 0.497 e. The highest BCUT2D eigenvalue weighted by Crippen LogP contribution is 2.23. The number of rotatable bonds is 7. The first-order valence-corrected chi connectivity index (χ1v) is 8.72. The van der Waals surface area contributed by atoms with Gasteiger partial charge in [-0.2, -0.15) is 5.10 Å². The van der Waals surface area contributed by atoms with E-state index >= 15 is 0 Å². The number of hydrogen-bond donors (Lipinski definition) is 2. The Kier molecular flexibility index (Phi) is 6.06. The van der Waals surface area contributed by atoms with Crippen molar-refractivity contribution in [3.05, 3.63) is 87.8 Å². The lowest BCUT2D eigenvalue weighted by Crippen LogP contribution is -2.31. The summed E-state index contributed by atoms with van der Waals surface area (Å²) in [6.45, 7) is 0. The minimum absolute atomic E-state index is 0.146. The van der Waals surface area contributed by atoms with E-state index in [0.717, 1.165) is 22.6 Å². The summed E-state index contributed by atoms with van der Waals surface area (Å²) in [5.41, 5.74) is 1.75. The molecule has 0 fully saturated rings. The van der Waals surface area contributed by atoms with Crippen molar-refractivity contribution < 1.29 is 14.3 Å². The Hall–Kier alpha value is -3.61. The maximum Gasteiger partial charge on any atom is 0.272 e. The molecule has 7 heteroatoms. The normalized spacial score (nSPS) is 11.5. The van der Waals surface area contributed by atoms with Crippen molar-refractivity contribution in [2.24, 2.45) is 0 Å². The number of carbonyl (C=O) groups is 1. The van der Waals surface area contributed by atoms with E-state index in [1.54, 1.807) is 14.2 Å². The number of methoxy groups -OCH3 is 2. The Labute approximate surface area is 162 Å². The Morgan fingerprint density at radius 3 is 2.11 bits per heavy atom. The summed E-state index contributed by atoms with van der Waals surface area (Å²) >= 11 is 0. The molecule has 0 spiro atoms. The Balaban J connectivity index is 1.84. The van der Waals surface area contributed by atoms with Gasteiger partial charge in [-0.3, -0.25) is 9.59 Å². The number of ether oxygens (including phenoxy) is 2. The zero-order valence-electron chi connectivity index (χ0n) is 15.6. The van der Waals surface area contributed by atoms with E-state index < -0.39 is 0 Å². The average Bonchev–Trinajstić information content (AvgIpc) is 2.74. The predicted molar refractivity (Wildman–Crippen MR) is 105 cm³/mol. The minimum atomic E-state index is -0.370. The third kappa shape index (κ3) is 4.76. The van der Waals surface area contributed by atoms with Gasteiger partial charge in [-0.25, -0.2) is 5.10 Å². The summed E-state index contributed by atoms with van der Waals surface area (Å²) in [5.74, 6) is 1.14. The molecule has 0 aliphatic heterocycles. The number of nitrogens with zero attached hydrogens (tertiary/aromatic N) is 1. The van der Waals surface area contributed by atoms with Crippen molar-refractivity contribution in [1.82, 2.24) is 15.5 Å². The molecule has 0 aliphatic carbocycles. The van der Waals surface area contributed by atoms with Gasteiger partial charge >= 0.3 is 0 Å². The van der Waals surface area contributed by atoms with Crippen LogP contribution in [0.1, 0.15) is 27.7 Å².